The molecule has 4 rings (SSSR count). The molecule has 156 valence electrons. The zero-order valence-electron chi connectivity index (χ0n) is 17.0. The van der Waals surface area contributed by atoms with Gasteiger partial charge in [0.2, 0.25) is 5.88 Å². The number of nitrogens with one attached hydrogen (secondary N) is 1. The first-order valence-corrected chi connectivity index (χ1v) is 9.89. The summed E-state index contributed by atoms with van der Waals surface area (Å²) in [6.45, 7) is 0.0119. The van der Waals surface area contributed by atoms with Crippen LogP contribution in [0.5, 0.6) is 11.6 Å². The summed E-state index contributed by atoms with van der Waals surface area (Å²) in [5, 5.41) is 11.8. The number of nitriles is 1. The van der Waals surface area contributed by atoms with Crippen molar-refractivity contribution in [3.8, 4) is 28.8 Å². The van der Waals surface area contributed by atoms with Crippen molar-refractivity contribution in [1.29, 1.82) is 5.26 Å². The van der Waals surface area contributed by atoms with Crippen LogP contribution in [0.15, 0.2) is 91.1 Å². The molecule has 1 amide bonds. The largest absolute Gasteiger partial charge is 0.438 e. The van der Waals surface area contributed by atoms with Crippen molar-refractivity contribution in [2.24, 2.45) is 0 Å². The highest BCUT2D eigenvalue weighted by atomic mass is 19.1. The molecule has 0 spiro atoms. The molecule has 4 aromatic rings. The molecule has 0 fully saturated rings. The summed E-state index contributed by atoms with van der Waals surface area (Å²) in [6.07, 6.45) is 1.50. The average Bonchev–Trinajstić information content (AvgIpc) is 2.84. The molecule has 3 aromatic carbocycles. The Morgan fingerprint density at radius 2 is 1.81 bits per heavy atom. The molecule has 1 N–H and O–H groups in total. The lowest BCUT2D eigenvalue weighted by Gasteiger charge is -2.11. The second-order valence-electron chi connectivity index (χ2n) is 6.95. The topological polar surface area (TPSA) is 75.0 Å². The van der Waals surface area contributed by atoms with E-state index in [1.165, 1.54) is 12.3 Å². The summed E-state index contributed by atoms with van der Waals surface area (Å²) in [4.78, 5) is 16.9. The maximum absolute atomic E-state index is 14.6. The van der Waals surface area contributed by atoms with E-state index in [2.05, 4.69) is 10.3 Å². The molecule has 5 nitrogen and oxygen atoms in total. The lowest BCUT2D eigenvalue weighted by atomic mass is 10.0. The van der Waals surface area contributed by atoms with Gasteiger partial charge in [-0.1, -0.05) is 48.5 Å². The van der Waals surface area contributed by atoms with E-state index in [1.807, 2.05) is 42.5 Å². The first-order valence-electron chi connectivity index (χ1n) is 9.89. The summed E-state index contributed by atoms with van der Waals surface area (Å²) >= 11 is 0. The van der Waals surface area contributed by atoms with Gasteiger partial charge < -0.3 is 10.1 Å². The van der Waals surface area contributed by atoms with Gasteiger partial charge in [0.15, 0.2) is 0 Å². The first-order chi connectivity index (χ1) is 15.6. The summed E-state index contributed by atoms with van der Waals surface area (Å²) in [6, 6.07) is 26.2. The molecule has 0 aliphatic heterocycles. The van der Waals surface area contributed by atoms with E-state index in [1.54, 1.807) is 42.5 Å². The summed E-state index contributed by atoms with van der Waals surface area (Å²) in [7, 11) is 0. The average molecular weight is 423 g/mol. The van der Waals surface area contributed by atoms with Gasteiger partial charge in [-0.15, -0.1) is 0 Å². The van der Waals surface area contributed by atoms with Crippen LogP contribution >= 0.6 is 0 Å². The van der Waals surface area contributed by atoms with Gasteiger partial charge in [-0.25, -0.2) is 9.37 Å². The number of nitrogens with zero attached hydrogens (tertiary/aromatic N) is 2. The third-order valence-corrected chi connectivity index (χ3v) is 4.79. The highest BCUT2D eigenvalue weighted by Crippen LogP contribution is 2.24. The first kappa shape index (κ1) is 20.8. The van der Waals surface area contributed by atoms with Crippen LogP contribution in [0.25, 0.3) is 11.1 Å². The molecular formula is C26H18FN3O2. The number of hydrogen-bond acceptors (Lipinski definition) is 4. The maximum atomic E-state index is 14.6. The summed E-state index contributed by atoms with van der Waals surface area (Å²) in [5.74, 6) is -0.363. The van der Waals surface area contributed by atoms with Gasteiger partial charge >= 0.3 is 0 Å². The number of aromatic nitrogens is 1. The monoisotopic (exact) mass is 423 g/mol. The maximum Gasteiger partial charge on any atom is 0.257 e. The van der Waals surface area contributed by atoms with Crippen molar-refractivity contribution in [3.05, 3.63) is 114 Å². The van der Waals surface area contributed by atoms with Crippen LogP contribution in [0, 0.1) is 17.1 Å². The van der Waals surface area contributed by atoms with Gasteiger partial charge in [0.25, 0.3) is 5.91 Å². The fraction of sp³-hybridized carbons (Fsp3) is 0.0385. The molecule has 0 atom stereocenters. The molecule has 0 bridgehead atoms. The fourth-order valence-corrected chi connectivity index (χ4v) is 3.16. The quantitative estimate of drug-likeness (QED) is 0.445. The predicted octanol–water partition coefficient (Wildman–Crippen LogP) is 5.48. The van der Waals surface area contributed by atoms with Crippen molar-refractivity contribution in [1.82, 2.24) is 10.3 Å². The Hall–Kier alpha value is -4.50. The molecular weight excluding hydrogens is 405 g/mol. The van der Waals surface area contributed by atoms with E-state index in [-0.39, 0.29) is 18.0 Å². The van der Waals surface area contributed by atoms with Crippen LogP contribution in [0.4, 0.5) is 4.39 Å². The van der Waals surface area contributed by atoms with Gasteiger partial charge in [-0.05, 0) is 47.5 Å². The van der Waals surface area contributed by atoms with E-state index in [0.29, 0.717) is 16.9 Å². The standard InChI is InChI=1S/C26H18FN3O2/c27-24-15-20(19-7-2-1-3-8-19)11-12-21(24)17-30-25(31)23-10-5-13-29-26(23)32-22-9-4-6-18(14-22)16-28/h1-15H,17H2,(H,30,31). The highest BCUT2D eigenvalue weighted by molar-refractivity contribution is 5.96. The van der Waals surface area contributed by atoms with Gasteiger partial charge in [0, 0.05) is 18.3 Å². The number of hydrogen-bond donors (Lipinski definition) is 1. The third-order valence-electron chi connectivity index (χ3n) is 4.79. The number of halogens is 1. The van der Waals surface area contributed by atoms with Crippen molar-refractivity contribution < 1.29 is 13.9 Å². The third kappa shape index (κ3) is 4.79. The zero-order valence-corrected chi connectivity index (χ0v) is 17.0. The minimum absolute atomic E-state index is 0.0119. The Labute approximate surface area is 184 Å². The van der Waals surface area contributed by atoms with Crippen LogP contribution in [0.3, 0.4) is 0 Å². The molecule has 1 heterocycles. The predicted molar refractivity (Wildman–Crippen MR) is 118 cm³/mol. The van der Waals surface area contributed by atoms with Crippen molar-refractivity contribution in [2.45, 2.75) is 6.54 Å². The minimum atomic E-state index is -0.448. The van der Waals surface area contributed by atoms with E-state index in [9.17, 15) is 9.18 Å². The molecule has 0 radical (unpaired) electrons. The van der Waals surface area contributed by atoms with E-state index in [4.69, 9.17) is 10.00 Å². The van der Waals surface area contributed by atoms with Gasteiger partial charge in [-0.2, -0.15) is 5.26 Å². The Kier molecular flexibility index (Phi) is 6.19. The Bertz CT molecular complexity index is 1300. The van der Waals surface area contributed by atoms with Crippen LogP contribution in [-0.4, -0.2) is 10.9 Å². The number of rotatable bonds is 6. The van der Waals surface area contributed by atoms with E-state index >= 15 is 0 Å². The van der Waals surface area contributed by atoms with Gasteiger partial charge in [-0.3, -0.25) is 4.79 Å². The normalized spacial score (nSPS) is 10.2. The van der Waals surface area contributed by atoms with Crippen LogP contribution < -0.4 is 10.1 Å². The number of pyridine rings is 1. The van der Waals surface area contributed by atoms with Gasteiger partial charge in [0.1, 0.15) is 17.1 Å². The molecule has 6 heteroatoms. The summed E-state index contributed by atoms with van der Waals surface area (Å²) in [5.41, 5.74) is 2.68. The highest BCUT2D eigenvalue weighted by Gasteiger charge is 2.15. The molecule has 0 unspecified atom stereocenters. The molecule has 0 aliphatic rings. The Balaban J connectivity index is 1.47. The lowest BCUT2D eigenvalue weighted by molar-refractivity contribution is 0.0947. The summed E-state index contributed by atoms with van der Waals surface area (Å²) < 4.78 is 20.3. The van der Waals surface area contributed by atoms with Crippen molar-refractivity contribution in [2.75, 3.05) is 0 Å². The van der Waals surface area contributed by atoms with Crippen molar-refractivity contribution in [3.63, 3.8) is 0 Å². The SMILES string of the molecule is N#Cc1cccc(Oc2ncccc2C(=O)NCc2ccc(-c3ccccc3)cc2F)c1. The number of carbonyl (C=O) groups excluding carboxylic acids is 1. The number of amides is 1. The molecule has 1 aromatic heterocycles. The lowest BCUT2D eigenvalue weighted by Crippen LogP contribution is -2.24. The second kappa shape index (κ2) is 9.54. The molecule has 0 saturated heterocycles. The van der Waals surface area contributed by atoms with Crippen molar-refractivity contribution >= 4 is 5.91 Å². The van der Waals surface area contributed by atoms with E-state index < -0.39 is 11.7 Å². The smallest absolute Gasteiger partial charge is 0.257 e. The van der Waals surface area contributed by atoms with Gasteiger partial charge in [0.05, 0.1) is 11.6 Å². The molecule has 32 heavy (non-hydrogen) atoms. The number of benzene rings is 3. The fourth-order valence-electron chi connectivity index (χ4n) is 3.16. The minimum Gasteiger partial charge on any atom is -0.438 e. The molecule has 0 saturated carbocycles. The van der Waals surface area contributed by atoms with E-state index in [0.717, 1.165) is 11.1 Å². The number of ether oxygens (including phenoxy) is 1. The van der Waals surface area contributed by atoms with Crippen LogP contribution in [-0.2, 0) is 6.54 Å². The van der Waals surface area contributed by atoms with Crippen LogP contribution in [0.2, 0.25) is 0 Å². The molecule has 0 aliphatic carbocycles. The second-order valence-corrected chi connectivity index (χ2v) is 6.95. The van der Waals surface area contributed by atoms with Crippen LogP contribution in [0.1, 0.15) is 21.5 Å². The number of carbonyl (C=O) groups is 1. The Morgan fingerprint density at radius 3 is 2.59 bits per heavy atom. The zero-order chi connectivity index (χ0) is 22.3. The Morgan fingerprint density at radius 1 is 0.969 bits per heavy atom.